The first-order chi connectivity index (χ1) is 10.5. The first-order valence-corrected chi connectivity index (χ1v) is 7.61. The van der Waals surface area contributed by atoms with Crippen molar-refractivity contribution < 1.29 is 9.53 Å². The summed E-state index contributed by atoms with van der Waals surface area (Å²) in [4.78, 5) is 11.7. The smallest absolute Gasteiger partial charge is 0.277 e. The van der Waals surface area contributed by atoms with Crippen molar-refractivity contribution in [3.8, 4) is 5.75 Å². The third-order valence-corrected chi connectivity index (χ3v) is 3.43. The summed E-state index contributed by atoms with van der Waals surface area (Å²) in [6, 6.07) is 13.5. The Morgan fingerprint density at radius 3 is 2.82 bits per heavy atom. The van der Waals surface area contributed by atoms with Gasteiger partial charge in [-0.15, -0.1) is 0 Å². The summed E-state index contributed by atoms with van der Waals surface area (Å²) in [5.41, 5.74) is 5.50. The van der Waals surface area contributed by atoms with Crippen molar-refractivity contribution in [1.29, 1.82) is 0 Å². The number of halogens is 1. The van der Waals surface area contributed by atoms with Gasteiger partial charge in [-0.1, -0.05) is 45.8 Å². The molecular weight excluding hydrogens is 344 g/mol. The average Bonchev–Trinajstić information content (AvgIpc) is 2.46. The Hall–Kier alpha value is -2.14. The number of aryl methyl sites for hydroxylation is 2. The zero-order valence-corrected chi connectivity index (χ0v) is 14.1. The minimum atomic E-state index is -0.300. The van der Waals surface area contributed by atoms with E-state index >= 15 is 0 Å². The van der Waals surface area contributed by atoms with E-state index in [0.717, 1.165) is 21.2 Å². The van der Waals surface area contributed by atoms with Gasteiger partial charge in [-0.05, 0) is 43.2 Å². The van der Waals surface area contributed by atoms with Gasteiger partial charge in [-0.25, -0.2) is 5.43 Å². The maximum absolute atomic E-state index is 11.7. The minimum absolute atomic E-state index is 0.0697. The molecule has 0 saturated carbocycles. The lowest BCUT2D eigenvalue weighted by molar-refractivity contribution is -0.123. The monoisotopic (exact) mass is 360 g/mol. The summed E-state index contributed by atoms with van der Waals surface area (Å²) in [5.74, 6) is 0.406. The highest BCUT2D eigenvalue weighted by Gasteiger charge is 2.04. The summed E-state index contributed by atoms with van der Waals surface area (Å²) in [6.07, 6.45) is 1.58. The quantitative estimate of drug-likeness (QED) is 0.654. The highest BCUT2D eigenvalue weighted by molar-refractivity contribution is 9.10. The number of nitrogens with one attached hydrogen (secondary N) is 1. The molecular formula is C17H17BrN2O2. The number of carbonyl (C=O) groups excluding carboxylic acids is 1. The van der Waals surface area contributed by atoms with Gasteiger partial charge >= 0.3 is 0 Å². The Kier molecular flexibility index (Phi) is 5.72. The normalized spacial score (nSPS) is 10.7. The largest absolute Gasteiger partial charge is 0.483 e. The van der Waals surface area contributed by atoms with Gasteiger partial charge < -0.3 is 4.74 Å². The third kappa shape index (κ3) is 5.00. The van der Waals surface area contributed by atoms with Gasteiger partial charge in [0.25, 0.3) is 5.91 Å². The molecule has 0 heterocycles. The number of amides is 1. The molecule has 0 radical (unpaired) electrons. The fourth-order valence-electron chi connectivity index (χ4n) is 1.90. The van der Waals surface area contributed by atoms with E-state index in [0.29, 0.717) is 5.75 Å². The second-order valence-corrected chi connectivity index (χ2v) is 5.82. The van der Waals surface area contributed by atoms with Crippen LogP contribution in [0.4, 0.5) is 0 Å². The molecule has 0 aromatic heterocycles. The highest BCUT2D eigenvalue weighted by Crippen LogP contribution is 2.18. The van der Waals surface area contributed by atoms with Crippen molar-refractivity contribution in [2.75, 3.05) is 6.61 Å². The third-order valence-electron chi connectivity index (χ3n) is 2.94. The summed E-state index contributed by atoms with van der Waals surface area (Å²) in [6.45, 7) is 3.89. The molecule has 0 atom stereocenters. The Morgan fingerprint density at radius 1 is 1.27 bits per heavy atom. The van der Waals surface area contributed by atoms with Crippen molar-refractivity contribution in [2.24, 2.45) is 5.10 Å². The maximum Gasteiger partial charge on any atom is 0.277 e. The van der Waals surface area contributed by atoms with Gasteiger partial charge in [-0.3, -0.25) is 4.79 Å². The molecule has 2 aromatic carbocycles. The molecule has 0 fully saturated rings. The van der Waals surface area contributed by atoms with E-state index in [1.165, 1.54) is 0 Å². The predicted molar refractivity (Wildman–Crippen MR) is 91.3 cm³/mol. The maximum atomic E-state index is 11.7. The number of rotatable bonds is 5. The van der Waals surface area contributed by atoms with Gasteiger partial charge in [0.2, 0.25) is 0 Å². The van der Waals surface area contributed by atoms with E-state index in [4.69, 9.17) is 4.74 Å². The van der Waals surface area contributed by atoms with Crippen LogP contribution in [-0.4, -0.2) is 18.7 Å². The van der Waals surface area contributed by atoms with Crippen LogP contribution < -0.4 is 10.2 Å². The molecule has 0 aliphatic rings. The van der Waals surface area contributed by atoms with Crippen molar-refractivity contribution in [3.05, 3.63) is 63.6 Å². The number of carbonyl (C=O) groups is 1. The molecule has 2 aromatic rings. The van der Waals surface area contributed by atoms with Gasteiger partial charge in [0, 0.05) is 4.47 Å². The van der Waals surface area contributed by atoms with Gasteiger partial charge in [0.15, 0.2) is 6.61 Å². The first-order valence-electron chi connectivity index (χ1n) is 6.82. The number of hydrogen-bond donors (Lipinski definition) is 1. The van der Waals surface area contributed by atoms with Crippen LogP contribution in [0.1, 0.15) is 16.7 Å². The van der Waals surface area contributed by atoms with Crippen LogP contribution in [0.15, 0.2) is 52.0 Å². The number of benzene rings is 2. The fraction of sp³-hybridized carbons (Fsp3) is 0.176. The van der Waals surface area contributed by atoms with Crippen LogP contribution in [-0.2, 0) is 4.79 Å². The lowest BCUT2D eigenvalue weighted by Gasteiger charge is -2.08. The summed E-state index contributed by atoms with van der Waals surface area (Å²) in [5, 5.41) is 3.91. The molecule has 0 saturated heterocycles. The Balaban J connectivity index is 1.83. The average molecular weight is 361 g/mol. The molecule has 0 spiro atoms. The minimum Gasteiger partial charge on any atom is -0.483 e. The van der Waals surface area contributed by atoms with Crippen LogP contribution in [0.25, 0.3) is 0 Å². The van der Waals surface area contributed by atoms with E-state index in [-0.39, 0.29) is 12.5 Å². The first kappa shape index (κ1) is 16.2. The van der Waals surface area contributed by atoms with Crippen molar-refractivity contribution in [3.63, 3.8) is 0 Å². The van der Waals surface area contributed by atoms with Crippen LogP contribution in [0.2, 0.25) is 0 Å². The zero-order chi connectivity index (χ0) is 15.9. The molecule has 114 valence electrons. The molecule has 1 amide bonds. The molecule has 0 unspecified atom stereocenters. The SMILES string of the molecule is Cc1ccc(OCC(=O)N/N=C\c2cccc(Br)c2)c(C)c1. The van der Waals surface area contributed by atoms with E-state index in [2.05, 4.69) is 26.5 Å². The molecule has 1 N–H and O–H groups in total. The second kappa shape index (κ2) is 7.75. The Bertz CT molecular complexity index is 699. The summed E-state index contributed by atoms with van der Waals surface area (Å²) < 4.78 is 6.44. The molecule has 4 nitrogen and oxygen atoms in total. The Labute approximate surface area is 138 Å². The molecule has 0 aliphatic heterocycles. The molecule has 0 bridgehead atoms. The van der Waals surface area contributed by atoms with Crippen LogP contribution in [0.3, 0.4) is 0 Å². The van der Waals surface area contributed by atoms with E-state index in [1.54, 1.807) is 6.21 Å². The number of hydrazone groups is 1. The van der Waals surface area contributed by atoms with Gasteiger partial charge in [0.1, 0.15) is 5.75 Å². The summed E-state index contributed by atoms with van der Waals surface area (Å²) in [7, 11) is 0. The zero-order valence-electron chi connectivity index (χ0n) is 12.5. The molecule has 2 rings (SSSR count). The molecule has 0 aliphatic carbocycles. The Morgan fingerprint density at radius 2 is 2.09 bits per heavy atom. The van der Waals surface area contributed by atoms with Crippen molar-refractivity contribution >= 4 is 28.1 Å². The van der Waals surface area contributed by atoms with Gasteiger partial charge in [0.05, 0.1) is 6.21 Å². The number of hydrogen-bond acceptors (Lipinski definition) is 3. The number of nitrogens with zero attached hydrogens (tertiary/aromatic N) is 1. The second-order valence-electron chi connectivity index (χ2n) is 4.91. The van der Waals surface area contributed by atoms with E-state index in [9.17, 15) is 4.79 Å². The van der Waals surface area contributed by atoms with Gasteiger partial charge in [-0.2, -0.15) is 5.10 Å². The van der Waals surface area contributed by atoms with Crippen LogP contribution in [0, 0.1) is 13.8 Å². The van der Waals surface area contributed by atoms with Crippen molar-refractivity contribution in [2.45, 2.75) is 13.8 Å². The van der Waals surface area contributed by atoms with E-state index < -0.39 is 0 Å². The standard InChI is InChI=1S/C17H17BrN2O2/c1-12-6-7-16(13(2)8-12)22-11-17(21)20-19-10-14-4-3-5-15(18)9-14/h3-10H,11H2,1-2H3,(H,20,21)/b19-10-. The van der Waals surface area contributed by atoms with Crippen LogP contribution >= 0.6 is 15.9 Å². The predicted octanol–water partition coefficient (Wildman–Crippen LogP) is 3.60. The molecule has 22 heavy (non-hydrogen) atoms. The van der Waals surface area contributed by atoms with Crippen molar-refractivity contribution in [1.82, 2.24) is 5.43 Å². The highest BCUT2D eigenvalue weighted by atomic mass is 79.9. The number of ether oxygens (including phenoxy) is 1. The lowest BCUT2D eigenvalue weighted by atomic mass is 10.1. The molecule has 5 heteroatoms. The lowest BCUT2D eigenvalue weighted by Crippen LogP contribution is -2.24. The fourth-order valence-corrected chi connectivity index (χ4v) is 2.32. The summed E-state index contributed by atoms with van der Waals surface area (Å²) >= 11 is 3.38. The topological polar surface area (TPSA) is 50.7 Å². The van der Waals surface area contributed by atoms with E-state index in [1.807, 2.05) is 56.3 Å². The van der Waals surface area contributed by atoms with Crippen LogP contribution in [0.5, 0.6) is 5.75 Å².